The zero-order valence-electron chi connectivity index (χ0n) is 10.9. The summed E-state index contributed by atoms with van der Waals surface area (Å²) in [6.07, 6.45) is 5.48. The molecule has 100 valence electrons. The number of amides is 1. The van der Waals surface area contributed by atoms with Crippen LogP contribution in [-0.2, 0) is 4.79 Å². The molecule has 0 unspecified atom stereocenters. The van der Waals surface area contributed by atoms with E-state index in [4.69, 9.17) is 0 Å². The number of carbonyl (C=O) groups excluding carboxylic acids is 1. The number of hydrogen-bond acceptors (Lipinski definition) is 1. The molecule has 0 aliphatic heterocycles. The largest absolute Gasteiger partial charge is 0.345 e. The van der Waals surface area contributed by atoms with Crippen LogP contribution in [0.25, 0.3) is 0 Å². The minimum atomic E-state index is -0.268. The fourth-order valence-electron chi connectivity index (χ4n) is 2.37. The van der Waals surface area contributed by atoms with Gasteiger partial charge in [0.05, 0.1) is 6.54 Å². The number of halogens is 1. The van der Waals surface area contributed by atoms with E-state index in [9.17, 15) is 9.18 Å². The summed E-state index contributed by atoms with van der Waals surface area (Å²) in [6.45, 7) is 0.350. The van der Waals surface area contributed by atoms with Crippen LogP contribution >= 0.6 is 0 Å². The lowest BCUT2D eigenvalue weighted by molar-refractivity contribution is -0.121. The van der Waals surface area contributed by atoms with Crippen molar-refractivity contribution in [3.63, 3.8) is 0 Å². The first-order chi connectivity index (χ1) is 9.24. The topological polar surface area (TPSA) is 29.1 Å². The molecule has 2 nitrogen and oxygen atoms in total. The summed E-state index contributed by atoms with van der Waals surface area (Å²) < 4.78 is 12.7. The van der Waals surface area contributed by atoms with E-state index < -0.39 is 0 Å². The lowest BCUT2D eigenvalue weighted by atomic mass is 10.0. The van der Waals surface area contributed by atoms with Crippen molar-refractivity contribution in [2.24, 2.45) is 5.92 Å². The summed E-state index contributed by atoms with van der Waals surface area (Å²) in [6, 6.07) is 6.01. The monoisotopic (exact) mass is 259 g/mol. The van der Waals surface area contributed by atoms with Crippen molar-refractivity contribution in [3.8, 4) is 11.8 Å². The highest BCUT2D eigenvalue weighted by molar-refractivity contribution is 5.76. The summed E-state index contributed by atoms with van der Waals surface area (Å²) in [5, 5.41) is 2.80. The van der Waals surface area contributed by atoms with Crippen molar-refractivity contribution < 1.29 is 9.18 Å². The van der Waals surface area contributed by atoms with Crippen LogP contribution < -0.4 is 5.32 Å². The van der Waals surface area contributed by atoms with Gasteiger partial charge in [-0.3, -0.25) is 4.79 Å². The molecule has 0 saturated heterocycles. The van der Waals surface area contributed by atoms with Gasteiger partial charge < -0.3 is 5.32 Å². The normalized spacial score (nSPS) is 14.8. The van der Waals surface area contributed by atoms with Gasteiger partial charge in [0.1, 0.15) is 5.82 Å². The molecule has 1 N–H and O–H groups in total. The first kappa shape index (κ1) is 13.6. The van der Waals surface area contributed by atoms with Crippen LogP contribution in [0.1, 0.15) is 37.7 Å². The Hall–Kier alpha value is -1.82. The van der Waals surface area contributed by atoms with Gasteiger partial charge in [0.2, 0.25) is 5.91 Å². The van der Waals surface area contributed by atoms with Crippen molar-refractivity contribution in [3.05, 3.63) is 35.6 Å². The quantitative estimate of drug-likeness (QED) is 0.831. The van der Waals surface area contributed by atoms with Gasteiger partial charge >= 0.3 is 0 Å². The standard InChI is InChI=1S/C16H18FNO/c17-15-9-7-13(8-10-15)6-3-11-18-16(19)12-14-4-1-2-5-14/h7-10,14H,1-2,4-5,11-12H2,(H,18,19). The molecule has 1 amide bonds. The average molecular weight is 259 g/mol. The number of nitrogens with one attached hydrogen (secondary N) is 1. The molecule has 0 radical (unpaired) electrons. The van der Waals surface area contributed by atoms with Crippen LogP contribution in [0.3, 0.4) is 0 Å². The Morgan fingerprint density at radius 3 is 2.63 bits per heavy atom. The Labute approximate surface area is 113 Å². The van der Waals surface area contributed by atoms with Gasteiger partial charge in [0, 0.05) is 12.0 Å². The number of hydrogen-bond donors (Lipinski definition) is 1. The summed E-state index contributed by atoms with van der Waals surface area (Å²) in [5.41, 5.74) is 0.756. The van der Waals surface area contributed by atoms with Gasteiger partial charge in [-0.25, -0.2) is 4.39 Å². The van der Waals surface area contributed by atoms with E-state index in [1.807, 2.05) is 0 Å². The molecule has 1 fully saturated rings. The van der Waals surface area contributed by atoms with Crippen molar-refractivity contribution in [1.29, 1.82) is 0 Å². The molecule has 1 aromatic rings. The lowest BCUT2D eigenvalue weighted by Gasteiger charge is -2.07. The van der Waals surface area contributed by atoms with Gasteiger partial charge in [-0.05, 0) is 43.0 Å². The molecule has 1 aliphatic rings. The highest BCUT2D eigenvalue weighted by Crippen LogP contribution is 2.27. The summed E-state index contributed by atoms with van der Waals surface area (Å²) in [7, 11) is 0. The second-order valence-corrected chi connectivity index (χ2v) is 4.94. The summed E-state index contributed by atoms with van der Waals surface area (Å²) in [4.78, 5) is 11.6. The van der Waals surface area contributed by atoms with Crippen LogP contribution in [-0.4, -0.2) is 12.5 Å². The first-order valence-corrected chi connectivity index (χ1v) is 6.75. The third kappa shape index (κ3) is 4.75. The van der Waals surface area contributed by atoms with Gasteiger partial charge in [0.25, 0.3) is 0 Å². The van der Waals surface area contributed by atoms with E-state index in [-0.39, 0.29) is 11.7 Å². The van der Waals surface area contributed by atoms with Gasteiger partial charge in [-0.2, -0.15) is 0 Å². The maximum atomic E-state index is 12.7. The van der Waals surface area contributed by atoms with Gasteiger partial charge in [-0.15, -0.1) is 0 Å². The second kappa shape index (κ2) is 6.94. The van der Waals surface area contributed by atoms with E-state index >= 15 is 0 Å². The van der Waals surface area contributed by atoms with Gasteiger partial charge in [-0.1, -0.05) is 24.7 Å². The van der Waals surface area contributed by atoms with E-state index in [1.165, 1.54) is 37.8 Å². The highest BCUT2D eigenvalue weighted by atomic mass is 19.1. The molecule has 3 heteroatoms. The zero-order chi connectivity index (χ0) is 13.5. The van der Waals surface area contributed by atoms with Crippen molar-refractivity contribution >= 4 is 5.91 Å². The highest BCUT2D eigenvalue weighted by Gasteiger charge is 2.17. The fourth-order valence-corrected chi connectivity index (χ4v) is 2.37. The lowest BCUT2D eigenvalue weighted by Crippen LogP contribution is -2.25. The summed E-state index contributed by atoms with van der Waals surface area (Å²) >= 11 is 0. The minimum absolute atomic E-state index is 0.0836. The van der Waals surface area contributed by atoms with Crippen LogP contribution in [0.15, 0.2) is 24.3 Å². The average Bonchev–Trinajstić information content (AvgIpc) is 2.89. The Kier molecular flexibility index (Phi) is 4.97. The Balaban J connectivity index is 1.71. The molecule has 1 saturated carbocycles. The van der Waals surface area contributed by atoms with E-state index in [0.717, 1.165) is 5.56 Å². The summed E-state index contributed by atoms with van der Waals surface area (Å²) in [5.74, 6) is 6.14. The van der Waals surface area contributed by atoms with Crippen LogP contribution in [0, 0.1) is 23.6 Å². The molecule has 0 bridgehead atoms. The molecular weight excluding hydrogens is 241 g/mol. The molecular formula is C16H18FNO. The van der Waals surface area contributed by atoms with E-state index in [0.29, 0.717) is 18.9 Å². The van der Waals surface area contributed by atoms with Crippen molar-refractivity contribution in [2.45, 2.75) is 32.1 Å². The van der Waals surface area contributed by atoms with Gasteiger partial charge in [0.15, 0.2) is 0 Å². The third-order valence-electron chi connectivity index (χ3n) is 3.40. The molecule has 0 atom stereocenters. The fraction of sp³-hybridized carbons (Fsp3) is 0.438. The minimum Gasteiger partial charge on any atom is -0.345 e. The molecule has 1 aliphatic carbocycles. The van der Waals surface area contributed by atoms with Crippen LogP contribution in [0.5, 0.6) is 0 Å². The molecule has 19 heavy (non-hydrogen) atoms. The number of carbonyl (C=O) groups is 1. The van der Waals surface area contributed by atoms with Crippen molar-refractivity contribution in [1.82, 2.24) is 5.32 Å². The zero-order valence-corrected chi connectivity index (χ0v) is 10.9. The predicted molar refractivity (Wildman–Crippen MR) is 72.9 cm³/mol. The second-order valence-electron chi connectivity index (χ2n) is 4.94. The van der Waals surface area contributed by atoms with Crippen LogP contribution in [0.4, 0.5) is 4.39 Å². The Bertz CT molecular complexity index is 478. The maximum absolute atomic E-state index is 12.7. The van der Waals surface area contributed by atoms with E-state index in [1.54, 1.807) is 12.1 Å². The Morgan fingerprint density at radius 2 is 1.95 bits per heavy atom. The maximum Gasteiger partial charge on any atom is 0.221 e. The molecule has 2 rings (SSSR count). The van der Waals surface area contributed by atoms with Crippen molar-refractivity contribution in [2.75, 3.05) is 6.54 Å². The Morgan fingerprint density at radius 1 is 1.26 bits per heavy atom. The molecule has 0 spiro atoms. The SMILES string of the molecule is O=C(CC1CCCC1)NCC#Cc1ccc(F)cc1. The molecule has 1 aromatic carbocycles. The molecule has 0 heterocycles. The smallest absolute Gasteiger partial charge is 0.221 e. The molecule has 0 aromatic heterocycles. The first-order valence-electron chi connectivity index (χ1n) is 6.75. The number of benzene rings is 1. The number of rotatable bonds is 3. The van der Waals surface area contributed by atoms with E-state index in [2.05, 4.69) is 17.2 Å². The van der Waals surface area contributed by atoms with Crippen LogP contribution in [0.2, 0.25) is 0 Å². The third-order valence-corrected chi connectivity index (χ3v) is 3.40. The predicted octanol–water partition coefficient (Wildman–Crippen LogP) is 2.87.